The second kappa shape index (κ2) is 6.83. The van der Waals surface area contributed by atoms with Crippen molar-refractivity contribution in [3.05, 3.63) is 56.2 Å². The molecule has 1 aromatic heterocycles. The largest absolute Gasteiger partial charge is 0.501 e. The van der Waals surface area contributed by atoms with Crippen molar-refractivity contribution in [1.82, 2.24) is 4.98 Å². The molecule has 126 valence electrons. The van der Waals surface area contributed by atoms with Crippen molar-refractivity contribution >= 4 is 33.6 Å². The molecule has 0 amide bonds. The molecule has 1 aromatic carbocycles. The van der Waals surface area contributed by atoms with Crippen molar-refractivity contribution in [2.75, 3.05) is 5.43 Å². The van der Waals surface area contributed by atoms with Gasteiger partial charge in [0.05, 0.1) is 21.2 Å². The summed E-state index contributed by atoms with van der Waals surface area (Å²) in [6.45, 7) is 0. The molecule has 0 saturated heterocycles. The summed E-state index contributed by atoms with van der Waals surface area (Å²) in [6.07, 6.45) is -2.64. The van der Waals surface area contributed by atoms with E-state index in [0.717, 1.165) is 18.2 Å². The average Bonchev–Trinajstić information content (AvgIpc) is 2.50. The lowest BCUT2D eigenvalue weighted by Crippen LogP contribution is -2.05. The minimum absolute atomic E-state index is 0.0617. The zero-order valence-electron chi connectivity index (χ0n) is 11.6. The lowest BCUT2D eigenvalue weighted by atomic mass is 10.2. The monoisotopic (exact) mass is 404 g/mol. The minimum Gasteiger partial charge on any atom is -0.501 e. The summed E-state index contributed by atoms with van der Waals surface area (Å²) in [7, 11) is 0. The van der Waals surface area contributed by atoms with Gasteiger partial charge in [0.25, 0.3) is 0 Å². The number of hydrogen-bond acceptors (Lipinski definition) is 6. The van der Waals surface area contributed by atoms with Gasteiger partial charge < -0.3 is 5.11 Å². The van der Waals surface area contributed by atoms with Gasteiger partial charge in [0.15, 0.2) is 0 Å². The van der Waals surface area contributed by atoms with Crippen LogP contribution in [0.3, 0.4) is 0 Å². The number of pyridine rings is 1. The first-order valence-electron chi connectivity index (χ1n) is 6.17. The molecule has 24 heavy (non-hydrogen) atoms. The highest BCUT2D eigenvalue weighted by molar-refractivity contribution is 9.10. The highest BCUT2D eigenvalue weighted by Gasteiger charge is 2.30. The molecule has 0 radical (unpaired) electrons. The molecule has 2 N–H and O–H groups in total. The van der Waals surface area contributed by atoms with Crippen LogP contribution in [0.25, 0.3) is 0 Å². The summed E-state index contributed by atoms with van der Waals surface area (Å²) in [6, 6.07) is 4.40. The number of aromatic hydroxyl groups is 1. The SMILES string of the molecule is O=[N+]([O-])c1cc(/C=N\Nc2ccc(C(F)(F)F)cn2)cc(Br)c1O. The number of nitrogens with zero attached hydrogens (tertiary/aromatic N) is 3. The number of hydrazone groups is 1. The van der Waals surface area contributed by atoms with Crippen molar-refractivity contribution in [1.29, 1.82) is 0 Å². The van der Waals surface area contributed by atoms with Crippen molar-refractivity contribution < 1.29 is 23.2 Å². The molecular formula is C13H8BrF3N4O3. The van der Waals surface area contributed by atoms with Crippen LogP contribution >= 0.6 is 15.9 Å². The van der Waals surface area contributed by atoms with Gasteiger partial charge in [0, 0.05) is 17.8 Å². The molecule has 7 nitrogen and oxygen atoms in total. The van der Waals surface area contributed by atoms with E-state index in [2.05, 4.69) is 31.4 Å². The number of alkyl halides is 3. The molecule has 0 aliphatic heterocycles. The zero-order chi connectivity index (χ0) is 17.9. The van der Waals surface area contributed by atoms with Gasteiger partial charge in [-0.25, -0.2) is 4.98 Å². The minimum atomic E-state index is -4.48. The molecular weight excluding hydrogens is 397 g/mol. The van der Waals surface area contributed by atoms with Crippen molar-refractivity contribution in [2.45, 2.75) is 6.18 Å². The molecule has 2 rings (SSSR count). The quantitative estimate of drug-likeness (QED) is 0.456. The van der Waals surface area contributed by atoms with Crippen molar-refractivity contribution in [3.63, 3.8) is 0 Å². The third-order valence-corrected chi connectivity index (χ3v) is 3.35. The van der Waals surface area contributed by atoms with Crippen molar-refractivity contribution in [3.8, 4) is 5.75 Å². The van der Waals surface area contributed by atoms with Gasteiger partial charge in [-0.05, 0) is 34.1 Å². The average molecular weight is 405 g/mol. The van der Waals surface area contributed by atoms with Crippen LogP contribution in [0.15, 0.2) is 40.0 Å². The summed E-state index contributed by atoms with van der Waals surface area (Å²) >= 11 is 2.97. The number of halogens is 4. The normalized spacial score (nSPS) is 11.7. The summed E-state index contributed by atoms with van der Waals surface area (Å²) in [5.74, 6) is -0.457. The Morgan fingerprint density at radius 2 is 2.08 bits per heavy atom. The lowest BCUT2D eigenvalue weighted by Gasteiger charge is -2.06. The molecule has 0 unspecified atom stereocenters. The fraction of sp³-hybridized carbons (Fsp3) is 0.0769. The Labute approximate surface area is 141 Å². The summed E-state index contributed by atoms with van der Waals surface area (Å²) < 4.78 is 37.3. The van der Waals surface area contributed by atoms with E-state index in [-0.39, 0.29) is 15.9 Å². The van der Waals surface area contributed by atoms with Crippen LogP contribution in [0.2, 0.25) is 0 Å². The Morgan fingerprint density at radius 1 is 1.38 bits per heavy atom. The first-order chi connectivity index (χ1) is 11.2. The van der Waals surface area contributed by atoms with Gasteiger partial charge in [-0.3, -0.25) is 15.5 Å². The van der Waals surface area contributed by atoms with Crippen LogP contribution in [0, 0.1) is 10.1 Å². The first kappa shape index (κ1) is 17.7. The molecule has 0 bridgehead atoms. The fourth-order valence-corrected chi connectivity index (χ4v) is 2.09. The summed E-state index contributed by atoms with van der Waals surface area (Å²) in [4.78, 5) is 13.6. The van der Waals surface area contributed by atoms with Crippen LogP contribution in [-0.2, 0) is 6.18 Å². The topological polar surface area (TPSA) is 101 Å². The molecule has 0 spiro atoms. The molecule has 1 heterocycles. The highest BCUT2D eigenvalue weighted by atomic mass is 79.9. The van der Waals surface area contributed by atoms with Gasteiger partial charge >= 0.3 is 11.9 Å². The molecule has 0 saturated carbocycles. The number of rotatable bonds is 4. The van der Waals surface area contributed by atoms with Crippen LogP contribution in [-0.4, -0.2) is 21.2 Å². The first-order valence-corrected chi connectivity index (χ1v) is 6.97. The number of phenols is 1. The van der Waals surface area contributed by atoms with Crippen LogP contribution in [0.4, 0.5) is 24.7 Å². The highest BCUT2D eigenvalue weighted by Crippen LogP contribution is 2.34. The number of hydrogen-bond donors (Lipinski definition) is 2. The van der Waals surface area contributed by atoms with Crippen LogP contribution in [0.1, 0.15) is 11.1 Å². The number of nitro groups is 1. The van der Waals surface area contributed by atoms with E-state index in [1.54, 1.807) is 0 Å². The van der Waals surface area contributed by atoms with E-state index >= 15 is 0 Å². The van der Waals surface area contributed by atoms with E-state index in [1.165, 1.54) is 12.3 Å². The van der Waals surface area contributed by atoms with Crippen molar-refractivity contribution in [2.24, 2.45) is 5.10 Å². The zero-order valence-corrected chi connectivity index (χ0v) is 13.2. The van der Waals surface area contributed by atoms with Gasteiger partial charge in [-0.2, -0.15) is 18.3 Å². The number of aromatic nitrogens is 1. The van der Waals surface area contributed by atoms with Crippen LogP contribution < -0.4 is 5.43 Å². The van der Waals surface area contributed by atoms with Gasteiger partial charge in [-0.1, -0.05) is 0 Å². The summed E-state index contributed by atoms with van der Waals surface area (Å²) in [5, 5.41) is 24.1. The van der Waals surface area contributed by atoms with E-state index in [0.29, 0.717) is 6.20 Å². The summed E-state index contributed by atoms with van der Waals surface area (Å²) in [5.41, 5.74) is 1.27. The Bertz CT molecular complexity index is 794. The Morgan fingerprint density at radius 3 is 2.62 bits per heavy atom. The third kappa shape index (κ3) is 4.19. The van der Waals surface area contributed by atoms with E-state index < -0.39 is 28.1 Å². The molecule has 2 aromatic rings. The number of benzene rings is 1. The Hall–Kier alpha value is -2.69. The van der Waals surface area contributed by atoms with Gasteiger partial charge in [0.1, 0.15) is 5.82 Å². The number of nitro benzene ring substituents is 1. The molecule has 0 aliphatic carbocycles. The number of anilines is 1. The maximum atomic E-state index is 12.4. The second-order valence-corrected chi connectivity index (χ2v) is 5.28. The third-order valence-electron chi connectivity index (χ3n) is 2.75. The van der Waals surface area contributed by atoms with E-state index in [9.17, 15) is 28.4 Å². The molecule has 0 fully saturated rings. The van der Waals surface area contributed by atoms with Crippen LogP contribution in [0.5, 0.6) is 5.75 Å². The predicted octanol–water partition coefficient (Wildman–Crippen LogP) is 3.92. The Balaban J connectivity index is 2.13. The number of phenolic OH excluding ortho intramolecular Hbond substituents is 1. The maximum absolute atomic E-state index is 12.4. The number of nitrogens with one attached hydrogen (secondary N) is 1. The van der Waals surface area contributed by atoms with Gasteiger partial charge in [0.2, 0.25) is 5.75 Å². The fourth-order valence-electron chi connectivity index (χ4n) is 1.62. The van der Waals surface area contributed by atoms with Gasteiger partial charge in [-0.15, -0.1) is 0 Å². The second-order valence-electron chi connectivity index (χ2n) is 4.43. The maximum Gasteiger partial charge on any atom is 0.417 e. The van der Waals surface area contributed by atoms with E-state index in [1.807, 2.05) is 0 Å². The molecule has 11 heteroatoms. The van der Waals surface area contributed by atoms with E-state index in [4.69, 9.17) is 0 Å². The predicted molar refractivity (Wildman–Crippen MR) is 82.9 cm³/mol. The standard InChI is InChI=1S/C13H8BrF3N4O3/c14-9-3-7(4-10(12(9)22)21(23)24)5-19-20-11-2-1-8(6-18-11)13(15,16)17/h1-6,22H,(H,18,20)/b19-5-. The lowest BCUT2D eigenvalue weighted by molar-refractivity contribution is -0.386. The molecule has 0 atom stereocenters. The Kier molecular flexibility index (Phi) is 5.02. The molecule has 0 aliphatic rings. The smallest absolute Gasteiger partial charge is 0.417 e.